The van der Waals surface area contributed by atoms with Crippen molar-refractivity contribution < 1.29 is 14.3 Å². The summed E-state index contributed by atoms with van der Waals surface area (Å²) < 4.78 is 15.7. The highest BCUT2D eigenvalue weighted by Crippen LogP contribution is 2.38. The monoisotopic (exact) mass is 305 g/mol. The van der Waals surface area contributed by atoms with E-state index in [0.717, 1.165) is 18.9 Å². The lowest BCUT2D eigenvalue weighted by molar-refractivity contribution is 0.0695. The van der Waals surface area contributed by atoms with Gasteiger partial charge in [-0.2, -0.15) is 0 Å². The molecular formula is C17H20FNO3. The van der Waals surface area contributed by atoms with Gasteiger partial charge in [-0.15, -0.1) is 0 Å². The van der Waals surface area contributed by atoms with Crippen molar-refractivity contribution in [2.45, 2.75) is 46.6 Å². The Balaban J connectivity index is 0.000000847. The summed E-state index contributed by atoms with van der Waals surface area (Å²) in [6, 6.07) is 1.37. The molecule has 1 heterocycles. The maximum Gasteiger partial charge on any atom is 0.341 e. The zero-order valence-corrected chi connectivity index (χ0v) is 13.2. The third-order valence-electron chi connectivity index (χ3n) is 3.99. The Kier molecular flexibility index (Phi) is 4.35. The number of carboxylic acid groups (broad SMARTS) is 1. The van der Waals surface area contributed by atoms with E-state index in [1.54, 1.807) is 13.8 Å². The fourth-order valence-corrected chi connectivity index (χ4v) is 2.57. The highest BCUT2D eigenvalue weighted by molar-refractivity contribution is 5.93. The second kappa shape index (κ2) is 5.91. The molecule has 1 aromatic heterocycles. The first kappa shape index (κ1) is 16.2. The summed E-state index contributed by atoms with van der Waals surface area (Å²) in [5, 5.41) is 9.29. The van der Waals surface area contributed by atoms with E-state index in [1.165, 1.54) is 6.20 Å². The number of halogens is 1. The summed E-state index contributed by atoms with van der Waals surface area (Å²) in [7, 11) is 0. The third kappa shape index (κ3) is 2.51. The molecular weight excluding hydrogens is 285 g/mol. The summed E-state index contributed by atoms with van der Waals surface area (Å²) in [5.74, 6) is -1.75. The molecule has 0 atom stereocenters. The first-order valence-corrected chi connectivity index (χ1v) is 7.49. The minimum absolute atomic E-state index is 0.150. The van der Waals surface area contributed by atoms with Gasteiger partial charge in [-0.1, -0.05) is 13.8 Å². The number of hydrogen-bond donors (Lipinski definition) is 1. The van der Waals surface area contributed by atoms with E-state index in [9.17, 15) is 14.0 Å². The maximum atomic E-state index is 13.9. The molecule has 1 saturated carbocycles. The van der Waals surface area contributed by atoms with Gasteiger partial charge in [0.25, 0.3) is 0 Å². The molecule has 4 nitrogen and oxygen atoms in total. The van der Waals surface area contributed by atoms with E-state index in [4.69, 9.17) is 5.11 Å². The minimum atomic E-state index is -1.27. The lowest BCUT2D eigenvalue weighted by Gasteiger charge is -2.15. The molecule has 2 aromatic rings. The van der Waals surface area contributed by atoms with Gasteiger partial charge >= 0.3 is 5.97 Å². The third-order valence-corrected chi connectivity index (χ3v) is 3.99. The Morgan fingerprint density at radius 1 is 1.27 bits per heavy atom. The molecule has 1 N–H and O–H groups in total. The molecule has 5 heteroatoms. The van der Waals surface area contributed by atoms with Crippen LogP contribution in [0.1, 0.15) is 54.2 Å². The zero-order chi connectivity index (χ0) is 16.6. The van der Waals surface area contributed by atoms with Crippen molar-refractivity contribution in [3.63, 3.8) is 0 Å². The molecule has 3 rings (SSSR count). The Morgan fingerprint density at radius 3 is 2.36 bits per heavy atom. The predicted octanol–water partition coefficient (Wildman–Crippen LogP) is 3.82. The summed E-state index contributed by atoms with van der Waals surface area (Å²) in [6.07, 6.45) is 3.30. The number of hydrogen-bond acceptors (Lipinski definition) is 2. The SMILES string of the molecule is CC.Cc1c(F)cc2c(=O)c(C(=O)O)cn(C3CC3)c2c1C. The van der Waals surface area contributed by atoms with Gasteiger partial charge < -0.3 is 9.67 Å². The topological polar surface area (TPSA) is 59.3 Å². The smallest absolute Gasteiger partial charge is 0.341 e. The Labute approximate surface area is 128 Å². The van der Waals surface area contributed by atoms with Crippen LogP contribution in [0.5, 0.6) is 0 Å². The molecule has 1 aromatic carbocycles. The lowest BCUT2D eigenvalue weighted by atomic mass is 10.0. The minimum Gasteiger partial charge on any atom is -0.477 e. The second-order valence-corrected chi connectivity index (χ2v) is 5.32. The van der Waals surface area contributed by atoms with Gasteiger partial charge in [0.15, 0.2) is 0 Å². The van der Waals surface area contributed by atoms with Crippen LogP contribution in [0, 0.1) is 19.7 Å². The van der Waals surface area contributed by atoms with Gasteiger partial charge in [0, 0.05) is 17.6 Å². The predicted molar refractivity (Wildman–Crippen MR) is 84.2 cm³/mol. The number of nitrogens with zero attached hydrogens (tertiary/aromatic N) is 1. The summed E-state index contributed by atoms with van der Waals surface area (Å²) in [5.41, 5.74) is 0.926. The van der Waals surface area contributed by atoms with Crippen LogP contribution < -0.4 is 5.43 Å². The summed E-state index contributed by atoms with van der Waals surface area (Å²) >= 11 is 0. The van der Waals surface area contributed by atoms with Gasteiger partial charge in [-0.05, 0) is 43.9 Å². The number of aromatic carboxylic acids is 1. The number of carboxylic acids is 1. The first-order valence-electron chi connectivity index (χ1n) is 7.49. The van der Waals surface area contributed by atoms with E-state index in [0.29, 0.717) is 16.6 Å². The van der Waals surface area contributed by atoms with Crippen molar-refractivity contribution in [3.05, 3.63) is 45.0 Å². The normalized spacial score (nSPS) is 13.7. The molecule has 0 radical (unpaired) electrons. The molecule has 0 aliphatic heterocycles. The highest BCUT2D eigenvalue weighted by atomic mass is 19.1. The van der Waals surface area contributed by atoms with Crippen molar-refractivity contribution >= 4 is 16.9 Å². The number of aromatic nitrogens is 1. The number of aryl methyl sites for hydroxylation is 1. The molecule has 1 aliphatic carbocycles. The molecule has 0 amide bonds. The molecule has 22 heavy (non-hydrogen) atoms. The van der Waals surface area contributed by atoms with Crippen molar-refractivity contribution in [1.29, 1.82) is 0 Å². The van der Waals surface area contributed by atoms with Gasteiger partial charge in [0.05, 0.1) is 5.52 Å². The van der Waals surface area contributed by atoms with Crippen LogP contribution in [0.15, 0.2) is 17.1 Å². The second-order valence-electron chi connectivity index (χ2n) is 5.32. The van der Waals surface area contributed by atoms with Gasteiger partial charge in [0.2, 0.25) is 5.43 Å². The van der Waals surface area contributed by atoms with Gasteiger partial charge in [0.1, 0.15) is 11.4 Å². The number of benzene rings is 1. The molecule has 1 fully saturated rings. The van der Waals surface area contributed by atoms with Gasteiger partial charge in [-0.25, -0.2) is 9.18 Å². The van der Waals surface area contributed by atoms with Crippen LogP contribution in [0.3, 0.4) is 0 Å². The lowest BCUT2D eigenvalue weighted by Crippen LogP contribution is -2.19. The van der Waals surface area contributed by atoms with Crippen LogP contribution in [0.4, 0.5) is 4.39 Å². The number of rotatable bonds is 2. The fourth-order valence-electron chi connectivity index (χ4n) is 2.57. The number of pyridine rings is 1. The Hall–Kier alpha value is -2.17. The molecule has 0 bridgehead atoms. The van der Waals surface area contributed by atoms with E-state index >= 15 is 0 Å². The van der Waals surface area contributed by atoms with Crippen LogP contribution in [-0.2, 0) is 0 Å². The van der Waals surface area contributed by atoms with Crippen molar-refractivity contribution in [3.8, 4) is 0 Å². The van der Waals surface area contributed by atoms with E-state index in [1.807, 2.05) is 18.4 Å². The molecule has 0 saturated heterocycles. The number of carbonyl (C=O) groups is 1. The molecule has 118 valence electrons. The van der Waals surface area contributed by atoms with E-state index in [-0.39, 0.29) is 17.0 Å². The molecule has 1 aliphatic rings. The van der Waals surface area contributed by atoms with Crippen molar-refractivity contribution in [2.24, 2.45) is 0 Å². The summed E-state index contributed by atoms with van der Waals surface area (Å²) in [6.45, 7) is 7.43. The first-order chi connectivity index (χ1) is 10.4. The average Bonchev–Trinajstić information content (AvgIpc) is 3.32. The Morgan fingerprint density at radius 2 is 1.86 bits per heavy atom. The number of fused-ring (bicyclic) bond motifs is 1. The van der Waals surface area contributed by atoms with Crippen LogP contribution in [0.25, 0.3) is 10.9 Å². The highest BCUT2D eigenvalue weighted by Gasteiger charge is 2.28. The van der Waals surface area contributed by atoms with E-state index < -0.39 is 17.2 Å². The molecule has 0 unspecified atom stereocenters. The molecule has 0 spiro atoms. The van der Waals surface area contributed by atoms with E-state index in [2.05, 4.69) is 0 Å². The van der Waals surface area contributed by atoms with Crippen LogP contribution in [-0.4, -0.2) is 15.6 Å². The quantitative estimate of drug-likeness (QED) is 0.917. The average molecular weight is 305 g/mol. The Bertz CT molecular complexity index is 804. The van der Waals surface area contributed by atoms with Crippen molar-refractivity contribution in [2.75, 3.05) is 0 Å². The van der Waals surface area contributed by atoms with Crippen LogP contribution >= 0.6 is 0 Å². The largest absolute Gasteiger partial charge is 0.477 e. The van der Waals surface area contributed by atoms with Crippen molar-refractivity contribution in [1.82, 2.24) is 4.57 Å². The van der Waals surface area contributed by atoms with Gasteiger partial charge in [-0.3, -0.25) is 4.79 Å². The fraction of sp³-hybridized carbons (Fsp3) is 0.412. The standard InChI is InChI=1S/C15H14FNO3.C2H6/c1-7-8(2)13-10(5-12(7)16)14(18)11(15(19)20)6-17(13)9-3-4-9;1-2/h5-6,9H,3-4H2,1-2H3,(H,19,20);1-2H3. The zero-order valence-electron chi connectivity index (χ0n) is 13.2. The van der Waals surface area contributed by atoms with Crippen LogP contribution in [0.2, 0.25) is 0 Å². The maximum absolute atomic E-state index is 13.9. The summed E-state index contributed by atoms with van der Waals surface area (Å²) in [4.78, 5) is 23.4.